The van der Waals surface area contributed by atoms with Crippen LogP contribution in [0, 0.1) is 0 Å². The third-order valence-electron chi connectivity index (χ3n) is 3.95. The van der Waals surface area contributed by atoms with E-state index in [1.807, 2.05) is 48.5 Å². The number of aromatic nitrogens is 3. The fourth-order valence-electron chi connectivity index (χ4n) is 2.64. The van der Waals surface area contributed by atoms with Gasteiger partial charge in [-0.2, -0.15) is 0 Å². The summed E-state index contributed by atoms with van der Waals surface area (Å²) in [6.45, 7) is 1.04. The maximum Gasteiger partial charge on any atom is 0.261 e. The monoisotopic (exact) mass is 390 g/mol. The summed E-state index contributed by atoms with van der Waals surface area (Å²) >= 11 is 1.50. The van der Waals surface area contributed by atoms with E-state index < -0.39 is 0 Å². The van der Waals surface area contributed by atoms with Gasteiger partial charge < -0.3 is 16.0 Å². The molecule has 3 heterocycles. The SMILES string of the molecule is O=C(NCCNc1cc(Nc2ccccn2)ncn1)c1cc2ccccc2s1. The van der Waals surface area contributed by atoms with Crippen LogP contribution in [0.3, 0.4) is 0 Å². The zero-order valence-corrected chi connectivity index (χ0v) is 15.7. The van der Waals surface area contributed by atoms with Gasteiger partial charge in [0, 0.05) is 30.1 Å². The molecule has 7 nitrogen and oxygen atoms in total. The number of hydrogen-bond donors (Lipinski definition) is 3. The van der Waals surface area contributed by atoms with E-state index in [4.69, 9.17) is 0 Å². The molecule has 0 unspecified atom stereocenters. The standard InChI is InChI=1S/C20H18N6OS/c27-20(16-11-14-5-1-2-6-15(14)28-16)23-10-9-22-18-12-19(25-13-24-18)26-17-7-3-4-8-21-17/h1-8,11-13H,9-10H2,(H,23,27)(H2,21,22,24,25,26). The highest BCUT2D eigenvalue weighted by molar-refractivity contribution is 7.20. The van der Waals surface area contributed by atoms with Gasteiger partial charge in [-0.3, -0.25) is 4.79 Å². The van der Waals surface area contributed by atoms with Gasteiger partial charge in [0.1, 0.15) is 23.8 Å². The third-order valence-corrected chi connectivity index (χ3v) is 5.07. The smallest absolute Gasteiger partial charge is 0.261 e. The molecule has 4 aromatic rings. The summed E-state index contributed by atoms with van der Waals surface area (Å²) in [5.74, 6) is 1.96. The van der Waals surface area contributed by atoms with Gasteiger partial charge in [0.2, 0.25) is 0 Å². The number of anilines is 3. The van der Waals surface area contributed by atoms with Crippen LogP contribution < -0.4 is 16.0 Å². The van der Waals surface area contributed by atoms with Crippen molar-refractivity contribution in [2.24, 2.45) is 0 Å². The Morgan fingerprint density at radius 2 is 1.75 bits per heavy atom. The molecule has 8 heteroatoms. The minimum atomic E-state index is -0.0665. The van der Waals surface area contributed by atoms with Gasteiger partial charge in [-0.05, 0) is 29.7 Å². The van der Waals surface area contributed by atoms with Crippen LogP contribution in [-0.4, -0.2) is 33.9 Å². The quantitative estimate of drug-likeness (QED) is 0.417. The Labute approximate surface area is 165 Å². The van der Waals surface area contributed by atoms with E-state index in [0.29, 0.717) is 35.4 Å². The molecule has 0 saturated heterocycles. The molecule has 0 aliphatic rings. The average molecular weight is 390 g/mol. The second-order valence-electron chi connectivity index (χ2n) is 5.96. The highest BCUT2D eigenvalue weighted by Crippen LogP contribution is 2.25. The van der Waals surface area contributed by atoms with Crippen molar-refractivity contribution in [1.29, 1.82) is 0 Å². The number of rotatable bonds is 7. The van der Waals surface area contributed by atoms with Crippen molar-refractivity contribution >= 4 is 44.8 Å². The van der Waals surface area contributed by atoms with E-state index in [2.05, 4.69) is 30.9 Å². The number of pyridine rings is 1. The molecule has 0 aliphatic heterocycles. The zero-order chi connectivity index (χ0) is 19.2. The highest BCUT2D eigenvalue weighted by atomic mass is 32.1. The van der Waals surface area contributed by atoms with Crippen LogP contribution in [0.15, 0.2) is 67.1 Å². The minimum Gasteiger partial charge on any atom is -0.368 e. The fourth-order valence-corrected chi connectivity index (χ4v) is 3.62. The lowest BCUT2D eigenvalue weighted by Crippen LogP contribution is -2.28. The lowest BCUT2D eigenvalue weighted by atomic mass is 10.2. The molecular formula is C20H18N6OS. The van der Waals surface area contributed by atoms with Crippen molar-refractivity contribution in [3.63, 3.8) is 0 Å². The molecule has 1 aromatic carbocycles. The minimum absolute atomic E-state index is 0.0665. The summed E-state index contributed by atoms with van der Waals surface area (Å²) in [4.78, 5) is 25.6. The van der Waals surface area contributed by atoms with Gasteiger partial charge in [-0.25, -0.2) is 15.0 Å². The molecule has 0 saturated carbocycles. The lowest BCUT2D eigenvalue weighted by Gasteiger charge is -2.08. The van der Waals surface area contributed by atoms with Crippen LogP contribution in [0.2, 0.25) is 0 Å². The van der Waals surface area contributed by atoms with Crippen molar-refractivity contribution in [2.45, 2.75) is 0 Å². The molecule has 4 rings (SSSR count). The van der Waals surface area contributed by atoms with Crippen LogP contribution in [0.25, 0.3) is 10.1 Å². The molecular weight excluding hydrogens is 372 g/mol. The molecule has 140 valence electrons. The molecule has 0 radical (unpaired) electrons. The zero-order valence-electron chi connectivity index (χ0n) is 14.9. The number of amides is 1. The summed E-state index contributed by atoms with van der Waals surface area (Å²) in [7, 11) is 0. The predicted octanol–water partition coefficient (Wildman–Crippen LogP) is 3.67. The largest absolute Gasteiger partial charge is 0.368 e. The summed E-state index contributed by atoms with van der Waals surface area (Å²) in [6, 6.07) is 17.3. The molecule has 0 aliphatic carbocycles. The Morgan fingerprint density at radius 1 is 0.893 bits per heavy atom. The molecule has 0 spiro atoms. The van der Waals surface area contributed by atoms with Crippen LogP contribution in [0.1, 0.15) is 9.67 Å². The van der Waals surface area contributed by atoms with Gasteiger partial charge in [0.05, 0.1) is 4.88 Å². The molecule has 0 bridgehead atoms. The summed E-state index contributed by atoms with van der Waals surface area (Å²) in [6.07, 6.45) is 3.19. The first kappa shape index (κ1) is 17.9. The maximum atomic E-state index is 12.3. The Bertz CT molecular complexity index is 1050. The Balaban J connectivity index is 1.28. The molecule has 28 heavy (non-hydrogen) atoms. The predicted molar refractivity (Wildman–Crippen MR) is 112 cm³/mol. The first-order valence-corrected chi connectivity index (χ1v) is 9.60. The fraction of sp³-hybridized carbons (Fsp3) is 0.100. The number of benzene rings is 1. The second kappa shape index (κ2) is 8.45. The Morgan fingerprint density at radius 3 is 2.61 bits per heavy atom. The maximum absolute atomic E-state index is 12.3. The van der Waals surface area contributed by atoms with Crippen molar-refractivity contribution in [3.8, 4) is 0 Å². The summed E-state index contributed by atoms with van der Waals surface area (Å²) in [5, 5.41) is 10.3. The van der Waals surface area contributed by atoms with Gasteiger partial charge in [-0.1, -0.05) is 24.3 Å². The van der Waals surface area contributed by atoms with Gasteiger partial charge >= 0.3 is 0 Å². The second-order valence-corrected chi connectivity index (χ2v) is 7.04. The van der Waals surface area contributed by atoms with E-state index in [0.717, 1.165) is 10.1 Å². The molecule has 1 amide bonds. The summed E-state index contributed by atoms with van der Waals surface area (Å²) < 4.78 is 1.11. The number of hydrogen-bond acceptors (Lipinski definition) is 7. The van der Waals surface area contributed by atoms with E-state index in [-0.39, 0.29) is 5.91 Å². The van der Waals surface area contributed by atoms with Crippen molar-refractivity contribution < 1.29 is 4.79 Å². The number of nitrogens with one attached hydrogen (secondary N) is 3. The van der Waals surface area contributed by atoms with Gasteiger partial charge in [0.25, 0.3) is 5.91 Å². The van der Waals surface area contributed by atoms with Crippen LogP contribution in [0.4, 0.5) is 17.5 Å². The average Bonchev–Trinajstić information content (AvgIpc) is 3.17. The lowest BCUT2D eigenvalue weighted by molar-refractivity contribution is 0.0959. The Hall–Kier alpha value is -3.52. The normalized spacial score (nSPS) is 10.6. The van der Waals surface area contributed by atoms with Gasteiger partial charge in [-0.15, -0.1) is 11.3 Å². The Kier molecular flexibility index (Phi) is 5.39. The van der Waals surface area contributed by atoms with Crippen molar-refractivity contribution in [3.05, 3.63) is 72.0 Å². The van der Waals surface area contributed by atoms with Gasteiger partial charge in [0.15, 0.2) is 0 Å². The van der Waals surface area contributed by atoms with Crippen LogP contribution >= 0.6 is 11.3 Å². The molecule has 3 aromatic heterocycles. The number of thiophene rings is 1. The topological polar surface area (TPSA) is 91.8 Å². The highest BCUT2D eigenvalue weighted by Gasteiger charge is 2.09. The van der Waals surface area contributed by atoms with Crippen LogP contribution in [0.5, 0.6) is 0 Å². The first-order valence-electron chi connectivity index (χ1n) is 8.79. The number of carbonyl (C=O) groups excluding carboxylic acids is 1. The molecule has 3 N–H and O–H groups in total. The number of carbonyl (C=O) groups is 1. The van der Waals surface area contributed by atoms with E-state index in [1.165, 1.54) is 17.7 Å². The number of fused-ring (bicyclic) bond motifs is 1. The van der Waals surface area contributed by atoms with Crippen molar-refractivity contribution in [1.82, 2.24) is 20.3 Å². The first-order chi connectivity index (χ1) is 13.8. The molecule has 0 atom stereocenters. The van der Waals surface area contributed by atoms with Crippen molar-refractivity contribution in [2.75, 3.05) is 23.7 Å². The molecule has 0 fully saturated rings. The van der Waals surface area contributed by atoms with Crippen LogP contribution in [-0.2, 0) is 0 Å². The van der Waals surface area contributed by atoms with E-state index in [1.54, 1.807) is 12.3 Å². The van der Waals surface area contributed by atoms with E-state index in [9.17, 15) is 4.79 Å². The number of nitrogens with zero attached hydrogens (tertiary/aromatic N) is 3. The third kappa shape index (κ3) is 4.41. The van der Waals surface area contributed by atoms with E-state index >= 15 is 0 Å². The summed E-state index contributed by atoms with van der Waals surface area (Å²) in [5.41, 5.74) is 0.